The summed E-state index contributed by atoms with van der Waals surface area (Å²) >= 11 is 0. The highest BCUT2D eigenvalue weighted by Gasteiger charge is 2.18. The van der Waals surface area contributed by atoms with E-state index in [4.69, 9.17) is 4.74 Å². The van der Waals surface area contributed by atoms with E-state index in [0.717, 1.165) is 6.07 Å². The molecule has 1 N–H and O–H groups in total. The third-order valence-corrected chi connectivity index (χ3v) is 4.79. The quantitative estimate of drug-likeness (QED) is 0.703. The largest absolute Gasteiger partial charge is 0.491 e. The Bertz CT molecular complexity index is 879. The fourth-order valence-corrected chi connectivity index (χ4v) is 3.03. The van der Waals surface area contributed by atoms with Gasteiger partial charge in [-0.05, 0) is 25.1 Å². The summed E-state index contributed by atoms with van der Waals surface area (Å²) in [5.74, 6) is 0.294. The molecule has 148 valence electrons. The second-order valence-corrected chi connectivity index (χ2v) is 7.76. The fraction of sp³-hybridized carbons (Fsp3) is 0.438. The van der Waals surface area contributed by atoms with Gasteiger partial charge in [-0.25, -0.2) is 17.5 Å². The summed E-state index contributed by atoms with van der Waals surface area (Å²) in [5.41, 5.74) is 0. The van der Waals surface area contributed by atoms with Gasteiger partial charge in [0.05, 0.1) is 18.0 Å². The van der Waals surface area contributed by atoms with E-state index >= 15 is 0 Å². The van der Waals surface area contributed by atoms with Gasteiger partial charge in [-0.2, -0.15) is 15.0 Å². The van der Waals surface area contributed by atoms with Crippen molar-refractivity contribution in [2.75, 3.05) is 44.6 Å². The molecule has 2 aromatic rings. The van der Waals surface area contributed by atoms with Crippen LogP contribution in [0.2, 0.25) is 0 Å². The first-order valence-electron chi connectivity index (χ1n) is 8.15. The van der Waals surface area contributed by atoms with Crippen molar-refractivity contribution in [3.05, 3.63) is 29.8 Å². The maximum Gasteiger partial charge on any atom is 0.241 e. The van der Waals surface area contributed by atoms with Crippen LogP contribution in [0.25, 0.3) is 0 Å². The molecule has 0 saturated heterocycles. The van der Waals surface area contributed by atoms with E-state index in [1.54, 1.807) is 44.9 Å². The zero-order valence-electron chi connectivity index (χ0n) is 15.9. The summed E-state index contributed by atoms with van der Waals surface area (Å²) in [7, 11) is 3.13. The maximum absolute atomic E-state index is 14.0. The van der Waals surface area contributed by atoms with Crippen LogP contribution in [0.3, 0.4) is 0 Å². The van der Waals surface area contributed by atoms with Gasteiger partial charge in [-0.1, -0.05) is 0 Å². The van der Waals surface area contributed by atoms with Crippen LogP contribution in [0, 0.1) is 5.82 Å². The molecule has 0 unspecified atom stereocenters. The van der Waals surface area contributed by atoms with Gasteiger partial charge in [-0.3, -0.25) is 0 Å². The van der Waals surface area contributed by atoms with E-state index in [1.807, 2.05) is 0 Å². The van der Waals surface area contributed by atoms with Crippen molar-refractivity contribution in [3.63, 3.8) is 0 Å². The second kappa shape index (κ2) is 8.44. The monoisotopic (exact) mass is 398 g/mol. The van der Waals surface area contributed by atoms with Crippen molar-refractivity contribution in [1.82, 2.24) is 19.7 Å². The maximum atomic E-state index is 14.0. The molecular formula is C16H23FN6O3S. The summed E-state index contributed by atoms with van der Waals surface area (Å²) in [6.07, 6.45) is 0. The molecule has 1 aromatic carbocycles. The molecule has 0 bridgehead atoms. The van der Waals surface area contributed by atoms with Crippen LogP contribution in [-0.2, 0) is 16.6 Å². The molecule has 1 aromatic heterocycles. The Hall–Kier alpha value is -2.53. The molecule has 27 heavy (non-hydrogen) atoms. The Labute approximate surface area is 158 Å². The smallest absolute Gasteiger partial charge is 0.241 e. The third-order valence-electron chi connectivity index (χ3n) is 3.39. The number of nitrogens with one attached hydrogen (secondary N) is 1. The van der Waals surface area contributed by atoms with E-state index in [0.29, 0.717) is 11.9 Å². The SMILES string of the molecule is CCOc1ccc(S(=O)(=O)NCc2nc(N(C)C)nc(N(C)C)n2)cc1F. The predicted octanol–water partition coefficient (Wildman–Crippen LogP) is 1.02. The minimum absolute atomic E-state index is 0.000154. The third kappa shape index (κ3) is 5.23. The molecule has 0 amide bonds. The Morgan fingerprint density at radius 3 is 2.15 bits per heavy atom. The number of benzene rings is 1. The molecule has 0 spiro atoms. The first-order valence-corrected chi connectivity index (χ1v) is 9.64. The molecule has 11 heteroatoms. The van der Waals surface area contributed by atoms with Crippen molar-refractivity contribution in [2.45, 2.75) is 18.4 Å². The first kappa shape index (κ1) is 20.8. The van der Waals surface area contributed by atoms with Crippen molar-refractivity contribution in [3.8, 4) is 5.75 Å². The number of anilines is 2. The van der Waals surface area contributed by atoms with Gasteiger partial charge in [0.1, 0.15) is 0 Å². The number of nitrogens with zero attached hydrogens (tertiary/aromatic N) is 5. The number of sulfonamides is 1. The number of aromatic nitrogens is 3. The number of hydrogen-bond acceptors (Lipinski definition) is 8. The Morgan fingerprint density at radius 2 is 1.67 bits per heavy atom. The summed E-state index contributed by atoms with van der Waals surface area (Å²) < 4.78 is 46.3. The van der Waals surface area contributed by atoms with Gasteiger partial charge >= 0.3 is 0 Å². The van der Waals surface area contributed by atoms with Gasteiger partial charge in [0.15, 0.2) is 17.4 Å². The summed E-state index contributed by atoms with van der Waals surface area (Å²) in [5, 5.41) is 0. The van der Waals surface area contributed by atoms with Gasteiger partial charge < -0.3 is 14.5 Å². The molecule has 0 atom stereocenters. The van der Waals surface area contributed by atoms with Crippen LogP contribution >= 0.6 is 0 Å². The van der Waals surface area contributed by atoms with Crippen molar-refractivity contribution >= 4 is 21.9 Å². The average molecular weight is 398 g/mol. The molecule has 0 radical (unpaired) electrons. The summed E-state index contributed by atoms with van der Waals surface area (Å²) in [4.78, 5) is 15.9. The average Bonchev–Trinajstić information content (AvgIpc) is 2.61. The van der Waals surface area contributed by atoms with E-state index in [2.05, 4.69) is 19.7 Å². The molecular weight excluding hydrogens is 375 g/mol. The Kier molecular flexibility index (Phi) is 6.50. The normalized spacial score (nSPS) is 11.3. The Morgan fingerprint density at radius 1 is 1.07 bits per heavy atom. The first-order chi connectivity index (χ1) is 12.6. The second-order valence-electron chi connectivity index (χ2n) is 5.99. The minimum atomic E-state index is -3.95. The standard InChI is InChI=1S/C16H23FN6O3S/c1-6-26-13-8-7-11(9-12(13)17)27(24,25)18-10-14-19-15(22(2)3)21-16(20-14)23(4)5/h7-9,18H,6,10H2,1-5H3. The van der Waals surface area contributed by atoms with Crippen LogP contribution in [-0.4, -0.2) is 58.2 Å². The van der Waals surface area contributed by atoms with Gasteiger partial charge in [-0.15, -0.1) is 0 Å². The van der Waals surface area contributed by atoms with Crippen LogP contribution in [0.4, 0.5) is 16.3 Å². The van der Waals surface area contributed by atoms with E-state index in [9.17, 15) is 12.8 Å². The van der Waals surface area contributed by atoms with Crippen LogP contribution in [0.5, 0.6) is 5.75 Å². The van der Waals surface area contributed by atoms with Crippen molar-refractivity contribution in [2.24, 2.45) is 0 Å². The lowest BCUT2D eigenvalue weighted by Gasteiger charge is -2.16. The molecule has 0 saturated carbocycles. The number of rotatable bonds is 8. The molecule has 2 rings (SSSR count). The summed E-state index contributed by atoms with van der Waals surface area (Å²) in [6, 6.07) is 3.47. The van der Waals surface area contributed by atoms with E-state index < -0.39 is 15.8 Å². The molecule has 0 aliphatic rings. The topological polar surface area (TPSA) is 101 Å². The molecule has 0 aliphatic heterocycles. The van der Waals surface area contributed by atoms with Gasteiger partial charge in [0.25, 0.3) is 0 Å². The zero-order chi connectivity index (χ0) is 20.2. The summed E-state index contributed by atoms with van der Waals surface area (Å²) in [6.45, 7) is 1.83. The van der Waals surface area contributed by atoms with Crippen LogP contribution in [0.1, 0.15) is 12.7 Å². The van der Waals surface area contributed by atoms with Crippen LogP contribution in [0.15, 0.2) is 23.1 Å². The fourth-order valence-electron chi connectivity index (χ4n) is 2.04. The number of halogens is 1. The highest BCUT2D eigenvalue weighted by atomic mass is 32.2. The van der Waals surface area contributed by atoms with Gasteiger partial charge in [0, 0.05) is 28.2 Å². The Balaban J connectivity index is 2.23. The minimum Gasteiger partial charge on any atom is -0.491 e. The molecule has 1 heterocycles. The lowest BCUT2D eigenvalue weighted by molar-refractivity contribution is 0.321. The molecule has 0 aliphatic carbocycles. The number of hydrogen-bond donors (Lipinski definition) is 1. The molecule has 9 nitrogen and oxygen atoms in total. The van der Waals surface area contributed by atoms with Crippen molar-refractivity contribution < 1.29 is 17.5 Å². The van der Waals surface area contributed by atoms with E-state index in [1.165, 1.54) is 12.1 Å². The van der Waals surface area contributed by atoms with E-state index in [-0.39, 0.29) is 29.6 Å². The highest BCUT2D eigenvalue weighted by Crippen LogP contribution is 2.21. The predicted molar refractivity (Wildman–Crippen MR) is 100 cm³/mol. The van der Waals surface area contributed by atoms with Crippen molar-refractivity contribution in [1.29, 1.82) is 0 Å². The number of ether oxygens (including phenoxy) is 1. The zero-order valence-corrected chi connectivity index (χ0v) is 16.7. The van der Waals surface area contributed by atoms with Gasteiger partial charge in [0.2, 0.25) is 21.9 Å². The van der Waals surface area contributed by atoms with Crippen LogP contribution < -0.4 is 19.3 Å². The lowest BCUT2D eigenvalue weighted by Crippen LogP contribution is -2.26. The lowest BCUT2D eigenvalue weighted by atomic mass is 10.3. The highest BCUT2D eigenvalue weighted by molar-refractivity contribution is 7.89. The molecule has 0 fully saturated rings.